The number of rotatable bonds is 8. The summed E-state index contributed by atoms with van der Waals surface area (Å²) in [4.78, 5) is 13.6. The van der Waals surface area contributed by atoms with Crippen molar-refractivity contribution in [3.8, 4) is 0 Å². The van der Waals surface area contributed by atoms with E-state index in [-0.39, 0.29) is 9.77 Å². The van der Waals surface area contributed by atoms with Crippen LogP contribution in [-0.2, 0) is 16.6 Å². The molecule has 6 nitrogen and oxygen atoms in total. The molecule has 0 saturated carbocycles. The second kappa shape index (κ2) is 8.97. The zero-order valence-corrected chi connectivity index (χ0v) is 16.8. The summed E-state index contributed by atoms with van der Waals surface area (Å²) in [7, 11) is -3.61. The third-order valence-corrected chi connectivity index (χ3v) is 7.77. The number of sulfonamides is 1. The lowest BCUT2D eigenvalue weighted by molar-refractivity contribution is 0.100. The number of piperidine rings is 1. The van der Waals surface area contributed by atoms with Crippen molar-refractivity contribution in [1.82, 2.24) is 9.62 Å². The molecule has 146 valence electrons. The first-order valence-electron chi connectivity index (χ1n) is 9.12. The number of hydrogen-bond donors (Lipinski definition) is 2. The van der Waals surface area contributed by atoms with Gasteiger partial charge in [0, 0.05) is 24.5 Å². The fourth-order valence-electron chi connectivity index (χ4n) is 3.43. The Morgan fingerprint density at radius 1 is 1.26 bits per heavy atom. The van der Waals surface area contributed by atoms with E-state index in [1.54, 1.807) is 0 Å². The van der Waals surface area contributed by atoms with Crippen molar-refractivity contribution in [2.45, 2.75) is 42.5 Å². The zero-order chi connectivity index (χ0) is 19.3. The van der Waals surface area contributed by atoms with E-state index in [1.165, 1.54) is 29.9 Å². The minimum atomic E-state index is -3.61. The van der Waals surface area contributed by atoms with E-state index < -0.39 is 15.9 Å². The maximum absolute atomic E-state index is 12.4. The average molecular weight is 408 g/mol. The SMILES string of the molecule is NC(=O)c1csc(S(=O)(=O)NCC[C@@H]2CCCCN2Cc2ccccc2)c1. The summed E-state index contributed by atoms with van der Waals surface area (Å²) in [6.07, 6.45) is 4.20. The first-order valence-corrected chi connectivity index (χ1v) is 11.5. The highest BCUT2D eigenvalue weighted by molar-refractivity contribution is 7.91. The molecule has 27 heavy (non-hydrogen) atoms. The van der Waals surface area contributed by atoms with E-state index in [4.69, 9.17) is 5.73 Å². The van der Waals surface area contributed by atoms with Crippen molar-refractivity contribution in [3.05, 3.63) is 52.9 Å². The Balaban J connectivity index is 1.56. The van der Waals surface area contributed by atoms with Gasteiger partial charge in [0.05, 0.1) is 5.56 Å². The predicted octanol–water partition coefficient (Wildman–Crippen LogP) is 2.57. The number of hydrogen-bond acceptors (Lipinski definition) is 5. The predicted molar refractivity (Wildman–Crippen MR) is 107 cm³/mol. The number of likely N-dealkylation sites (tertiary alicyclic amines) is 1. The first-order chi connectivity index (χ1) is 13.0. The second-order valence-electron chi connectivity index (χ2n) is 6.81. The quantitative estimate of drug-likeness (QED) is 0.703. The van der Waals surface area contributed by atoms with Crippen LogP contribution in [0, 0.1) is 0 Å². The Morgan fingerprint density at radius 3 is 2.74 bits per heavy atom. The van der Waals surface area contributed by atoms with Gasteiger partial charge in [-0.1, -0.05) is 36.8 Å². The van der Waals surface area contributed by atoms with Crippen molar-refractivity contribution in [2.75, 3.05) is 13.1 Å². The fraction of sp³-hybridized carbons (Fsp3) is 0.421. The van der Waals surface area contributed by atoms with Gasteiger partial charge in [0.15, 0.2) is 0 Å². The molecule has 0 unspecified atom stereocenters. The molecule has 0 radical (unpaired) electrons. The highest BCUT2D eigenvalue weighted by atomic mass is 32.2. The van der Waals surface area contributed by atoms with Gasteiger partial charge in [-0.3, -0.25) is 9.69 Å². The minimum Gasteiger partial charge on any atom is -0.366 e. The normalized spacial score (nSPS) is 18.4. The van der Waals surface area contributed by atoms with E-state index in [9.17, 15) is 13.2 Å². The van der Waals surface area contributed by atoms with E-state index in [1.807, 2.05) is 18.2 Å². The molecule has 8 heteroatoms. The van der Waals surface area contributed by atoms with Gasteiger partial charge in [0.25, 0.3) is 0 Å². The standard InChI is InChI=1S/C19H25N3O3S2/c20-19(23)16-12-18(26-14-16)27(24,25)21-10-9-17-8-4-5-11-22(17)13-15-6-2-1-3-7-15/h1-3,6-7,12,14,17,21H,4-5,8-11,13H2,(H2,20,23)/t17-/m0/s1. The number of nitrogens with zero attached hydrogens (tertiary/aromatic N) is 1. The molecule has 2 aromatic rings. The number of carbonyl (C=O) groups is 1. The Labute approximate surface area is 164 Å². The number of amides is 1. The number of carbonyl (C=O) groups excluding carboxylic acids is 1. The van der Waals surface area contributed by atoms with Crippen molar-refractivity contribution in [3.63, 3.8) is 0 Å². The number of nitrogens with two attached hydrogens (primary N) is 1. The van der Waals surface area contributed by atoms with Crippen molar-refractivity contribution >= 4 is 27.3 Å². The summed E-state index contributed by atoms with van der Waals surface area (Å²) in [6, 6.07) is 12.1. The van der Waals surface area contributed by atoms with Crippen LogP contribution < -0.4 is 10.5 Å². The smallest absolute Gasteiger partial charge is 0.250 e. The molecule has 1 amide bonds. The summed E-state index contributed by atoms with van der Waals surface area (Å²) >= 11 is 1.01. The van der Waals surface area contributed by atoms with Gasteiger partial charge in [-0.25, -0.2) is 13.1 Å². The van der Waals surface area contributed by atoms with Gasteiger partial charge < -0.3 is 5.73 Å². The molecule has 1 aliphatic rings. The number of primary amides is 1. The molecule has 0 aliphatic carbocycles. The van der Waals surface area contributed by atoms with Crippen LogP contribution in [0.5, 0.6) is 0 Å². The summed E-state index contributed by atoms with van der Waals surface area (Å²) in [6.45, 7) is 2.31. The van der Waals surface area contributed by atoms with Crippen LogP contribution in [0.4, 0.5) is 0 Å². The number of thiophene rings is 1. The molecule has 0 spiro atoms. The Kier molecular flexibility index (Phi) is 6.64. The van der Waals surface area contributed by atoms with Crippen LogP contribution in [0.2, 0.25) is 0 Å². The van der Waals surface area contributed by atoms with E-state index >= 15 is 0 Å². The molecular formula is C19H25N3O3S2. The van der Waals surface area contributed by atoms with Gasteiger partial charge in [-0.2, -0.15) is 0 Å². The van der Waals surface area contributed by atoms with Gasteiger partial charge in [0.2, 0.25) is 15.9 Å². The molecule has 2 heterocycles. The van der Waals surface area contributed by atoms with Gasteiger partial charge in [0.1, 0.15) is 4.21 Å². The fourth-order valence-corrected chi connectivity index (χ4v) is 5.69. The monoisotopic (exact) mass is 407 g/mol. The highest BCUT2D eigenvalue weighted by Gasteiger charge is 2.24. The summed E-state index contributed by atoms with van der Waals surface area (Å²) in [5, 5.41) is 1.47. The van der Waals surface area contributed by atoms with Crippen LogP contribution >= 0.6 is 11.3 Å². The lowest BCUT2D eigenvalue weighted by Gasteiger charge is -2.36. The van der Waals surface area contributed by atoms with E-state index in [2.05, 4.69) is 21.8 Å². The van der Waals surface area contributed by atoms with Crippen LogP contribution in [-0.4, -0.2) is 38.4 Å². The third kappa shape index (κ3) is 5.38. The number of benzene rings is 1. The molecule has 3 N–H and O–H groups in total. The molecule has 3 rings (SSSR count). The van der Waals surface area contributed by atoms with Crippen molar-refractivity contribution < 1.29 is 13.2 Å². The van der Waals surface area contributed by atoms with Crippen LogP contribution in [0.25, 0.3) is 0 Å². The highest BCUT2D eigenvalue weighted by Crippen LogP contribution is 2.23. The first kappa shape index (κ1) is 20.0. The van der Waals surface area contributed by atoms with Crippen molar-refractivity contribution in [2.24, 2.45) is 5.73 Å². The molecule has 1 fully saturated rings. The topological polar surface area (TPSA) is 92.5 Å². The van der Waals surface area contributed by atoms with Crippen LogP contribution in [0.3, 0.4) is 0 Å². The Bertz CT molecular complexity index is 865. The molecule has 1 atom stereocenters. The van der Waals surface area contributed by atoms with Crippen LogP contribution in [0.15, 0.2) is 46.0 Å². The van der Waals surface area contributed by atoms with Gasteiger partial charge in [-0.05, 0) is 37.4 Å². The molecule has 1 aromatic heterocycles. The number of nitrogens with one attached hydrogen (secondary N) is 1. The van der Waals surface area contributed by atoms with Gasteiger partial charge in [-0.15, -0.1) is 11.3 Å². The molecule has 1 aliphatic heterocycles. The maximum atomic E-state index is 12.4. The third-order valence-electron chi connectivity index (χ3n) is 4.87. The minimum absolute atomic E-state index is 0.126. The molecular weight excluding hydrogens is 382 g/mol. The van der Waals surface area contributed by atoms with Crippen molar-refractivity contribution in [1.29, 1.82) is 0 Å². The van der Waals surface area contributed by atoms with E-state index in [0.29, 0.717) is 12.6 Å². The molecule has 0 bridgehead atoms. The maximum Gasteiger partial charge on any atom is 0.250 e. The molecule has 1 aromatic carbocycles. The Hall–Kier alpha value is -1.74. The zero-order valence-electron chi connectivity index (χ0n) is 15.1. The lowest BCUT2D eigenvalue weighted by atomic mass is 9.98. The Morgan fingerprint density at radius 2 is 2.04 bits per heavy atom. The van der Waals surface area contributed by atoms with E-state index in [0.717, 1.165) is 37.3 Å². The summed E-state index contributed by atoms with van der Waals surface area (Å²) < 4.78 is 27.6. The lowest BCUT2D eigenvalue weighted by Crippen LogP contribution is -2.41. The average Bonchev–Trinajstić information content (AvgIpc) is 3.15. The summed E-state index contributed by atoms with van der Waals surface area (Å²) in [5.41, 5.74) is 6.70. The second-order valence-corrected chi connectivity index (χ2v) is 9.72. The summed E-state index contributed by atoms with van der Waals surface area (Å²) in [5.74, 6) is -0.619. The van der Waals surface area contributed by atoms with Gasteiger partial charge >= 0.3 is 0 Å². The largest absolute Gasteiger partial charge is 0.366 e. The molecule has 1 saturated heterocycles. The van der Waals surface area contributed by atoms with Crippen LogP contribution in [0.1, 0.15) is 41.6 Å².